The van der Waals surface area contributed by atoms with E-state index in [4.69, 9.17) is 0 Å². The molecule has 0 heterocycles. The molecular weight excluding hydrogens is 266 g/mol. The molecule has 0 unspecified atom stereocenters. The average molecular weight is 272 g/mol. The van der Waals surface area contributed by atoms with Gasteiger partial charge in [0.15, 0.2) is 11.6 Å². The number of Topliss-reactive ketones (excluding diaryl/α,β-unsaturated/α-hetero) is 1. The van der Waals surface area contributed by atoms with E-state index in [1.54, 1.807) is 0 Å². The van der Waals surface area contributed by atoms with Crippen LogP contribution in [0.25, 0.3) is 0 Å². The van der Waals surface area contributed by atoms with Gasteiger partial charge in [0.2, 0.25) is 5.78 Å². The number of alkyl halides is 5. The highest BCUT2D eigenvalue weighted by atomic mass is 19.4. The van der Waals surface area contributed by atoms with E-state index in [-0.39, 0.29) is 0 Å². The van der Waals surface area contributed by atoms with Crippen molar-refractivity contribution in [3.63, 3.8) is 0 Å². The number of hydrogen-bond acceptors (Lipinski definition) is 2. The molecule has 0 aromatic heterocycles. The predicted octanol–water partition coefficient (Wildman–Crippen LogP) is 3.21. The fourth-order valence-electron chi connectivity index (χ4n) is 1.11. The second-order valence-electron chi connectivity index (χ2n) is 3.25. The third-order valence-electron chi connectivity index (χ3n) is 2.05. The number of hydrogen-bond donors (Lipinski definition) is 0. The van der Waals surface area contributed by atoms with Crippen LogP contribution in [0.2, 0.25) is 0 Å². The number of ether oxygens (including phenoxy) is 1. The largest absolute Gasteiger partial charge is 0.494 e. The van der Waals surface area contributed by atoms with Crippen LogP contribution in [0.15, 0.2) is 18.2 Å². The molecule has 1 rings (SSSR count). The number of methoxy groups -OCH3 is 1. The summed E-state index contributed by atoms with van der Waals surface area (Å²) in [4.78, 5) is 11.0. The number of rotatable bonds is 3. The van der Waals surface area contributed by atoms with Crippen molar-refractivity contribution < 1.29 is 35.9 Å². The number of carbonyl (C=O) groups excluding carboxylic acids is 1. The summed E-state index contributed by atoms with van der Waals surface area (Å²) in [6, 6.07) is 1.58. The van der Waals surface area contributed by atoms with Gasteiger partial charge >= 0.3 is 12.1 Å². The van der Waals surface area contributed by atoms with Gasteiger partial charge in [-0.25, -0.2) is 4.39 Å². The number of benzene rings is 1. The minimum absolute atomic E-state index is 0.483. The Hall–Kier alpha value is -1.73. The lowest BCUT2D eigenvalue weighted by Crippen LogP contribution is -2.44. The first-order chi connectivity index (χ1) is 8.11. The third-order valence-corrected chi connectivity index (χ3v) is 2.05. The lowest BCUT2D eigenvalue weighted by Gasteiger charge is -2.18. The van der Waals surface area contributed by atoms with Crippen LogP contribution in [0.1, 0.15) is 10.4 Å². The third kappa shape index (κ3) is 2.41. The van der Waals surface area contributed by atoms with Crippen molar-refractivity contribution >= 4 is 5.78 Å². The zero-order valence-corrected chi connectivity index (χ0v) is 8.82. The smallest absolute Gasteiger partial charge is 0.461 e. The molecule has 1 aromatic rings. The number of ketones is 1. The van der Waals surface area contributed by atoms with E-state index < -0.39 is 35.0 Å². The highest BCUT2D eigenvalue weighted by Crippen LogP contribution is 2.38. The lowest BCUT2D eigenvalue weighted by molar-refractivity contribution is -0.255. The maximum Gasteiger partial charge on any atom is 0.461 e. The summed E-state index contributed by atoms with van der Waals surface area (Å²) < 4.78 is 78.6. The van der Waals surface area contributed by atoms with Crippen molar-refractivity contribution in [3.8, 4) is 5.75 Å². The first-order valence-electron chi connectivity index (χ1n) is 4.44. The molecule has 2 nitrogen and oxygen atoms in total. The molecular formula is C10H6F6O2. The van der Waals surface area contributed by atoms with Gasteiger partial charge in [0.05, 0.1) is 7.11 Å². The Morgan fingerprint density at radius 2 is 1.72 bits per heavy atom. The predicted molar refractivity (Wildman–Crippen MR) is 48.3 cm³/mol. The summed E-state index contributed by atoms with van der Waals surface area (Å²) in [7, 11) is 0.981. The Morgan fingerprint density at radius 3 is 2.17 bits per heavy atom. The molecule has 100 valence electrons. The number of halogens is 6. The van der Waals surface area contributed by atoms with Gasteiger partial charge < -0.3 is 4.74 Å². The summed E-state index contributed by atoms with van der Waals surface area (Å²) in [5, 5.41) is 0. The first-order valence-corrected chi connectivity index (χ1v) is 4.44. The van der Waals surface area contributed by atoms with E-state index in [9.17, 15) is 31.1 Å². The van der Waals surface area contributed by atoms with E-state index in [0.717, 1.165) is 7.11 Å². The van der Waals surface area contributed by atoms with Gasteiger partial charge in [0, 0.05) is 5.56 Å². The molecule has 18 heavy (non-hydrogen) atoms. The van der Waals surface area contributed by atoms with E-state index in [1.807, 2.05) is 0 Å². The van der Waals surface area contributed by atoms with Gasteiger partial charge in [0.1, 0.15) is 0 Å². The Bertz CT molecular complexity index is 466. The average Bonchev–Trinajstić information content (AvgIpc) is 2.27. The highest BCUT2D eigenvalue weighted by molar-refractivity contribution is 6.02. The molecule has 0 atom stereocenters. The van der Waals surface area contributed by atoms with Gasteiger partial charge in [-0.1, -0.05) is 0 Å². The van der Waals surface area contributed by atoms with Crippen LogP contribution in [0.5, 0.6) is 5.75 Å². The SMILES string of the molecule is COc1cc(C(=O)C(F)(F)C(F)(F)F)ccc1F. The van der Waals surface area contributed by atoms with Gasteiger partial charge in [-0.15, -0.1) is 0 Å². The van der Waals surface area contributed by atoms with Gasteiger partial charge in [-0.2, -0.15) is 22.0 Å². The molecule has 0 N–H and O–H groups in total. The van der Waals surface area contributed by atoms with Gasteiger partial charge in [-0.3, -0.25) is 4.79 Å². The Labute approximate surface area is 97.2 Å². The van der Waals surface area contributed by atoms with E-state index >= 15 is 0 Å². The molecule has 0 amide bonds. The highest BCUT2D eigenvalue weighted by Gasteiger charge is 2.63. The molecule has 8 heteroatoms. The van der Waals surface area contributed by atoms with Crippen molar-refractivity contribution in [1.82, 2.24) is 0 Å². The summed E-state index contributed by atoms with van der Waals surface area (Å²) in [6.07, 6.45) is -6.01. The van der Waals surface area contributed by atoms with Crippen LogP contribution in [-0.4, -0.2) is 25.0 Å². The van der Waals surface area contributed by atoms with Crippen LogP contribution in [-0.2, 0) is 0 Å². The molecule has 1 aromatic carbocycles. The minimum Gasteiger partial charge on any atom is -0.494 e. The summed E-state index contributed by atoms with van der Waals surface area (Å²) >= 11 is 0. The zero-order valence-electron chi connectivity index (χ0n) is 8.82. The van der Waals surface area contributed by atoms with Crippen LogP contribution in [0, 0.1) is 5.82 Å². The molecule has 0 aliphatic rings. The van der Waals surface area contributed by atoms with Crippen molar-refractivity contribution in [1.29, 1.82) is 0 Å². The van der Waals surface area contributed by atoms with Crippen LogP contribution < -0.4 is 4.74 Å². The zero-order chi connectivity index (χ0) is 14.1. The molecule has 0 aliphatic carbocycles. The van der Waals surface area contributed by atoms with Crippen molar-refractivity contribution in [2.75, 3.05) is 7.11 Å². The Kier molecular flexibility index (Phi) is 3.59. The second kappa shape index (κ2) is 4.51. The van der Waals surface area contributed by atoms with E-state index in [1.165, 1.54) is 0 Å². The molecule has 0 saturated heterocycles. The molecule has 0 aliphatic heterocycles. The van der Waals surface area contributed by atoms with Gasteiger partial charge in [-0.05, 0) is 18.2 Å². The molecule has 0 bridgehead atoms. The van der Waals surface area contributed by atoms with Crippen molar-refractivity contribution in [3.05, 3.63) is 29.6 Å². The van der Waals surface area contributed by atoms with Crippen molar-refractivity contribution in [2.24, 2.45) is 0 Å². The minimum atomic E-state index is -6.01. The lowest BCUT2D eigenvalue weighted by atomic mass is 10.0. The molecule has 0 radical (unpaired) electrons. The topological polar surface area (TPSA) is 26.3 Å². The second-order valence-corrected chi connectivity index (χ2v) is 3.25. The molecule has 0 fully saturated rings. The molecule has 0 spiro atoms. The van der Waals surface area contributed by atoms with Crippen LogP contribution in [0.3, 0.4) is 0 Å². The maximum absolute atomic E-state index is 12.9. The fraction of sp³-hybridized carbons (Fsp3) is 0.300. The monoisotopic (exact) mass is 272 g/mol. The molecule has 0 saturated carbocycles. The summed E-state index contributed by atoms with van der Waals surface area (Å²) in [5.41, 5.74) is -0.990. The summed E-state index contributed by atoms with van der Waals surface area (Å²) in [5.74, 6) is -9.58. The standard InChI is InChI=1S/C10H6F6O2/c1-18-7-4-5(2-3-6(7)11)8(17)9(12,13)10(14,15)16/h2-4H,1H3. The maximum atomic E-state index is 12.9. The van der Waals surface area contributed by atoms with Crippen molar-refractivity contribution in [2.45, 2.75) is 12.1 Å². The van der Waals surface area contributed by atoms with E-state index in [2.05, 4.69) is 4.74 Å². The normalized spacial score (nSPS) is 12.4. The van der Waals surface area contributed by atoms with Crippen LogP contribution in [0.4, 0.5) is 26.3 Å². The van der Waals surface area contributed by atoms with Crippen LogP contribution >= 0.6 is 0 Å². The van der Waals surface area contributed by atoms with Gasteiger partial charge in [0.25, 0.3) is 0 Å². The first kappa shape index (κ1) is 14.3. The number of carbonyl (C=O) groups is 1. The Balaban J connectivity index is 3.20. The van der Waals surface area contributed by atoms with E-state index in [0.29, 0.717) is 18.2 Å². The fourth-order valence-corrected chi connectivity index (χ4v) is 1.11. The Morgan fingerprint density at radius 1 is 1.17 bits per heavy atom. The summed E-state index contributed by atoms with van der Waals surface area (Å²) in [6.45, 7) is 0. The quantitative estimate of drug-likeness (QED) is 0.623.